The van der Waals surface area contributed by atoms with Gasteiger partial charge in [0.2, 0.25) is 0 Å². The van der Waals surface area contributed by atoms with E-state index in [1.54, 1.807) is 0 Å². The molecule has 0 spiro atoms. The first-order valence-electron chi connectivity index (χ1n) is 6.05. The molecular formula is C14H24N2S. The van der Waals surface area contributed by atoms with Gasteiger partial charge in [0.1, 0.15) is 0 Å². The summed E-state index contributed by atoms with van der Waals surface area (Å²) in [6, 6.07) is 10.6. The second kappa shape index (κ2) is 7.04. The number of benzene rings is 1. The number of nitrogens with two attached hydrogens (primary N) is 1. The van der Waals surface area contributed by atoms with Crippen LogP contribution in [0.2, 0.25) is 0 Å². The van der Waals surface area contributed by atoms with Crippen molar-refractivity contribution in [1.29, 1.82) is 0 Å². The number of hydrogen-bond acceptors (Lipinski definition) is 3. The summed E-state index contributed by atoms with van der Waals surface area (Å²) >= 11 is 1.89. The maximum absolute atomic E-state index is 5.98. The van der Waals surface area contributed by atoms with E-state index >= 15 is 0 Å². The number of thioether (sulfide) groups is 1. The van der Waals surface area contributed by atoms with E-state index in [1.807, 2.05) is 11.8 Å². The Bertz CT molecular complexity index is 315. The van der Waals surface area contributed by atoms with Crippen LogP contribution in [-0.4, -0.2) is 43.6 Å². The lowest BCUT2D eigenvalue weighted by atomic mass is 9.82. The van der Waals surface area contributed by atoms with Crippen molar-refractivity contribution >= 4 is 11.8 Å². The van der Waals surface area contributed by atoms with Crippen molar-refractivity contribution in [2.24, 2.45) is 5.73 Å². The van der Waals surface area contributed by atoms with Gasteiger partial charge in [-0.05, 0) is 18.9 Å². The van der Waals surface area contributed by atoms with Gasteiger partial charge in [-0.1, -0.05) is 37.3 Å². The average Bonchev–Trinajstić information content (AvgIpc) is 2.37. The molecule has 1 rings (SSSR count). The van der Waals surface area contributed by atoms with Gasteiger partial charge in [0.15, 0.2) is 0 Å². The summed E-state index contributed by atoms with van der Waals surface area (Å²) in [5.41, 5.74) is 7.37. The third-order valence-corrected chi connectivity index (χ3v) is 3.81. The molecular weight excluding hydrogens is 228 g/mol. The minimum Gasteiger partial charge on any atom is -0.330 e. The summed E-state index contributed by atoms with van der Waals surface area (Å²) in [7, 11) is 2.17. The lowest BCUT2D eigenvalue weighted by molar-refractivity contribution is 0.272. The van der Waals surface area contributed by atoms with Crippen LogP contribution in [0.5, 0.6) is 0 Å². The van der Waals surface area contributed by atoms with E-state index in [-0.39, 0.29) is 5.41 Å². The molecule has 0 saturated heterocycles. The molecule has 1 aromatic carbocycles. The SMILES string of the molecule is CSCCN(C)CC(C)(CN)c1ccccc1. The molecule has 0 radical (unpaired) electrons. The fraction of sp³-hybridized carbons (Fsp3) is 0.571. The molecule has 3 heteroatoms. The van der Waals surface area contributed by atoms with Crippen LogP contribution in [0.4, 0.5) is 0 Å². The molecule has 2 N–H and O–H groups in total. The summed E-state index contributed by atoms with van der Waals surface area (Å²) < 4.78 is 0. The molecule has 0 heterocycles. The molecule has 0 amide bonds. The molecule has 0 fully saturated rings. The minimum absolute atomic E-state index is 0.0500. The number of rotatable bonds is 7. The fourth-order valence-corrected chi connectivity index (χ4v) is 2.53. The average molecular weight is 252 g/mol. The molecule has 0 aliphatic rings. The maximum Gasteiger partial charge on any atom is 0.0174 e. The lowest BCUT2D eigenvalue weighted by Crippen LogP contribution is -2.43. The molecule has 96 valence electrons. The standard InChI is InChI=1S/C14H24N2S/c1-14(11-15,12-16(2)9-10-17-3)13-7-5-4-6-8-13/h4-8H,9-12,15H2,1-3H3. The Kier molecular flexibility index (Phi) is 6.03. The second-order valence-electron chi connectivity index (χ2n) is 4.86. The summed E-state index contributed by atoms with van der Waals surface area (Å²) in [6.07, 6.45) is 2.15. The van der Waals surface area contributed by atoms with Crippen molar-refractivity contribution in [3.8, 4) is 0 Å². The number of nitrogens with zero attached hydrogens (tertiary/aromatic N) is 1. The van der Waals surface area contributed by atoms with E-state index in [1.165, 1.54) is 11.3 Å². The third-order valence-electron chi connectivity index (χ3n) is 3.22. The van der Waals surface area contributed by atoms with Crippen LogP contribution in [0.3, 0.4) is 0 Å². The van der Waals surface area contributed by atoms with Crippen molar-refractivity contribution in [2.75, 3.05) is 38.7 Å². The lowest BCUT2D eigenvalue weighted by Gasteiger charge is -2.33. The monoisotopic (exact) mass is 252 g/mol. The zero-order valence-electron chi connectivity index (χ0n) is 11.1. The van der Waals surface area contributed by atoms with Gasteiger partial charge in [-0.3, -0.25) is 0 Å². The summed E-state index contributed by atoms with van der Waals surface area (Å²) in [6.45, 7) is 5.05. The summed E-state index contributed by atoms with van der Waals surface area (Å²) in [4.78, 5) is 2.37. The normalized spacial score (nSPS) is 14.9. The Morgan fingerprint density at radius 1 is 1.29 bits per heavy atom. The molecule has 0 saturated carbocycles. The van der Waals surface area contributed by atoms with Crippen molar-refractivity contribution < 1.29 is 0 Å². The third kappa shape index (κ3) is 4.34. The molecule has 0 bridgehead atoms. The van der Waals surface area contributed by atoms with Gasteiger partial charge in [-0.2, -0.15) is 11.8 Å². The Labute approximate surface area is 110 Å². The zero-order chi connectivity index (χ0) is 12.7. The Morgan fingerprint density at radius 3 is 2.47 bits per heavy atom. The first-order chi connectivity index (χ1) is 8.12. The van der Waals surface area contributed by atoms with Crippen LogP contribution < -0.4 is 5.73 Å². The highest BCUT2D eigenvalue weighted by molar-refractivity contribution is 7.98. The van der Waals surface area contributed by atoms with Gasteiger partial charge in [-0.25, -0.2) is 0 Å². The van der Waals surface area contributed by atoms with E-state index in [0.717, 1.165) is 13.1 Å². The molecule has 0 aliphatic carbocycles. The smallest absolute Gasteiger partial charge is 0.0174 e. The predicted molar refractivity (Wildman–Crippen MR) is 78.7 cm³/mol. The summed E-state index contributed by atoms with van der Waals surface area (Å²) in [5, 5.41) is 0. The largest absolute Gasteiger partial charge is 0.330 e. The topological polar surface area (TPSA) is 29.3 Å². The van der Waals surface area contributed by atoms with Gasteiger partial charge >= 0.3 is 0 Å². The number of likely N-dealkylation sites (N-methyl/N-ethyl adjacent to an activating group) is 1. The van der Waals surface area contributed by atoms with Gasteiger partial charge < -0.3 is 10.6 Å². The van der Waals surface area contributed by atoms with Gasteiger partial charge in [0.05, 0.1) is 0 Å². The van der Waals surface area contributed by atoms with E-state index < -0.39 is 0 Å². The predicted octanol–water partition coefficient (Wildman–Crippen LogP) is 2.20. The molecule has 2 nitrogen and oxygen atoms in total. The van der Waals surface area contributed by atoms with Crippen LogP contribution in [0.15, 0.2) is 30.3 Å². The molecule has 1 unspecified atom stereocenters. The Hall–Kier alpha value is -0.510. The van der Waals surface area contributed by atoms with Crippen molar-refractivity contribution in [3.63, 3.8) is 0 Å². The van der Waals surface area contributed by atoms with Crippen LogP contribution in [0.25, 0.3) is 0 Å². The van der Waals surface area contributed by atoms with E-state index in [0.29, 0.717) is 6.54 Å². The van der Waals surface area contributed by atoms with Crippen LogP contribution >= 0.6 is 11.8 Å². The molecule has 1 aromatic rings. The summed E-state index contributed by atoms with van der Waals surface area (Å²) in [5.74, 6) is 1.17. The van der Waals surface area contributed by atoms with Crippen LogP contribution in [0, 0.1) is 0 Å². The Balaban J connectivity index is 2.69. The van der Waals surface area contributed by atoms with Crippen molar-refractivity contribution in [3.05, 3.63) is 35.9 Å². The quantitative estimate of drug-likeness (QED) is 0.806. The van der Waals surface area contributed by atoms with Crippen LogP contribution in [0.1, 0.15) is 12.5 Å². The van der Waals surface area contributed by atoms with Gasteiger partial charge in [0.25, 0.3) is 0 Å². The van der Waals surface area contributed by atoms with E-state index in [2.05, 4.69) is 55.5 Å². The molecule has 0 aliphatic heterocycles. The highest BCUT2D eigenvalue weighted by Crippen LogP contribution is 2.23. The second-order valence-corrected chi connectivity index (χ2v) is 5.85. The van der Waals surface area contributed by atoms with E-state index in [4.69, 9.17) is 5.73 Å². The van der Waals surface area contributed by atoms with Gasteiger partial charge in [-0.15, -0.1) is 0 Å². The number of hydrogen-bond donors (Lipinski definition) is 1. The molecule has 17 heavy (non-hydrogen) atoms. The minimum atomic E-state index is 0.0500. The first kappa shape index (κ1) is 14.6. The van der Waals surface area contributed by atoms with E-state index in [9.17, 15) is 0 Å². The fourth-order valence-electron chi connectivity index (χ4n) is 2.04. The first-order valence-corrected chi connectivity index (χ1v) is 7.45. The van der Waals surface area contributed by atoms with Gasteiger partial charge in [0, 0.05) is 30.8 Å². The zero-order valence-corrected chi connectivity index (χ0v) is 12.0. The highest BCUT2D eigenvalue weighted by atomic mass is 32.2. The molecule has 0 aromatic heterocycles. The van der Waals surface area contributed by atoms with Crippen LogP contribution in [-0.2, 0) is 5.41 Å². The maximum atomic E-state index is 5.98. The van der Waals surface area contributed by atoms with Crippen molar-refractivity contribution in [1.82, 2.24) is 4.90 Å². The van der Waals surface area contributed by atoms with Crippen molar-refractivity contribution in [2.45, 2.75) is 12.3 Å². The Morgan fingerprint density at radius 2 is 1.94 bits per heavy atom. The highest BCUT2D eigenvalue weighted by Gasteiger charge is 2.26. The molecule has 1 atom stereocenters.